The molecule has 0 aromatic carbocycles. The fourth-order valence-corrected chi connectivity index (χ4v) is 6.68. The molecule has 4 aliphatic rings. The molecule has 1 amide bonds. The Morgan fingerprint density at radius 1 is 0.739 bits per heavy atom. The Morgan fingerprint density at radius 2 is 1.33 bits per heavy atom. The molecule has 19 nitrogen and oxygen atoms in total. The van der Waals surface area contributed by atoms with Gasteiger partial charge in [0.15, 0.2) is 18.9 Å². The number of ether oxygens (including phenoxy) is 6. The van der Waals surface area contributed by atoms with E-state index in [1.165, 1.54) is 0 Å². The summed E-state index contributed by atoms with van der Waals surface area (Å²) in [7, 11) is 0. The molecular weight excluding hydrogens is 616 g/mol. The van der Waals surface area contributed by atoms with Crippen molar-refractivity contribution in [1.29, 1.82) is 0 Å². The zero-order valence-corrected chi connectivity index (χ0v) is 25.7. The molecule has 46 heavy (non-hydrogen) atoms. The van der Waals surface area contributed by atoms with Gasteiger partial charge >= 0.3 is 0 Å². The van der Waals surface area contributed by atoms with Crippen LogP contribution >= 0.6 is 0 Å². The molecule has 4 rings (SSSR count). The van der Waals surface area contributed by atoms with Crippen LogP contribution in [-0.2, 0) is 33.2 Å². The van der Waals surface area contributed by atoms with Gasteiger partial charge in [0.25, 0.3) is 0 Å². The predicted molar refractivity (Wildman–Crippen MR) is 156 cm³/mol. The molecule has 0 aromatic heterocycles. The van der Waals surface area contributed by atoms with Crippen molar-refractivity contribution in [3.05, 3.63) is 0 Å². The van der Waals surface area contributed by atoms with E-state index in [0.29, 0.717) is 12.8 Å². The minimum absolute atomic E-state index is 0.108. The number of hydrogen-bond acceptors (Lipinski definition) is 18. The van der Waals surface area contributed by atoms with E-state index in [9.17, 15) is 35.4 Å². The van der Waals surface area contributed by atoms with Crippen LogP contribution in [-0.4, -0.2) is 167 Å². The Labute approximate surface area is 266 Å². The van der Waals surface area contributed by atoms with Crippen LogP contribution in [0.3, 0.4) is 0 Å². The Kier molecular flexibility index (Phi) is 13.5. The van der Waals surface area contributed by atoms with E-state index in [4.69, 9.17) is 57.1 Å². The molecule has 19 heteroatoms. The molecular formula is C27H52N6O13. The number of aliphatic hydroxyl groups is 6. The van der Waals surface area contributed by atoms with Crippen molar-refractivity contribution < 1.29 is 63.9 Å². The highest BCUT2D eigenvalue weighted by Crippen LogP contribution is 2.35. The number of aliphatic hydroxyl groups excluding tert-OH is 6. The summed E-state index contributed by atoms with van der Waals surface area (Å²) in [4.78, 5) is 11.1. The molecule has 0 spiro atoms. The zero-order chi connectivity index (χ0) is 33.9. The lowest BCUT2D eigenvalue weighted by atomic mass is 9.83. The Balaban J connectivity index is 1.53. The molecule has 19 atom stereocenters. The van der Waals surface area contributed by atoms with E-state index < -0.39 is 123 Å². The number of rotatable bonds is 13. The Hall–Kier alpha value is -1.21. The Morgan fingerprint density at radius 3 is 1.93 bits per heavy atom. The topological polar surface area (TPSA) is 336 Å². The van der Waals surface area contributed by atoms with Crippen molar-refractivity contribution in [1.82, 2.24) is 5.32 Å². The summed E-state index contributed by atoms with van der Waals surface area (Å²) in [6.07, 6.45) is -15.7. The third kappa shape index (κ3) is 7.81. The van der Waals surface area contributed by atoms with E-state index in [1.807, 2.05) is 6.92 Å². The standard InChI is InChI=1S/C27H52N6O13/c1-2-3-9-14(7-34)43-25(15(31)17(9)36)44-22-11(30)4-10(29)18(37)24(22)46-27-21(40)23(13(42-27)6-33-8-35)45-26-16(32)20(39)19(38)12(5-28)41-26/h8-27,34,36-40H,2-7,28-32H2,1H3,(H,33,35)/t9-,10-,11?,12?,13-,14?,15+,16?,17?,18?,19-,20?,21?,22-,23+,24-,25-,26-,27+/m1/s1. The van der Waals surface area contributed by atoms with Gasteiger partial charge in [-0.3, -0.25) is 4.79 Å². The number of carbonyl (C=O) groups excluding carboxylic acids is 1. The molecule has 3 saturated heterocycles. The number of carbonyl (C=O) groups is 1. The maximum absolute atomic E-state index is 11.3. The normalized spacial score (nSPS) is 50.0. The highest BCUT2D eigenvalue weighted by Gasteiger charge is 2.54. The highest BCUT2D eigenvalue weighted by atomic mass is 16.8. The second-order valence-corrected chi connectivity index (χ2v) is 12.5. The first kappa shape index (κ1) is 37.6. The molecule has 0 aromatic rings. The number of nitrogens with one attached hydrogen (secondary N) is 1. The lowest BCUT2D eigenvalue weighted by Crippen LogP contribution is -2.67. The smallest absolute Gasteiger partial charge is 0.207 e. The van der Waals surface area contributed by atoms with Gasteiger partial charge in [-0.1, -0.05) is 13.3 Å². The van der Waals surface area contributed by atoms with Gasteiger partial charge in [0.2, 0.25) is 6.41 Å². The summed E-state index contributed by atoms with van der Waals surface area (Å²) >= 11 is 0. The molecule has 1 aliphatic carbocycles. The quantitative estimate of drug-likeness (QED) is 0.0811. The van der Waals surface area contributed by atoms with Gasteiger partial charge in [0, 0.05) is 31.1 Å². The van der Waals surface area contributed by atoms with E-state index in [-0.39, 0.29) is 19.5 Å². The van der Waals surface area contributed by atoms with Crippen LogP contribution in [0.5, 0.6) is 0 Å². The lowest BCUT2D eigenvalue weighted by Gasteiger charge is -2.48. The minimum Gasteiger partial charge on any atom is -0.394 e. The summed E-state index contributed by atoms with van der Waals surface area (Å²) < 4.78 is 35.7. The van der Waals surface area contributed by atoms with Crippen molar-refractivity contribution in [2.24, 2.45) is 34.6 Å². The van der Waals surface area contributed by atoms with Gasteiger partial charge in [-0.2, -0.15) is 0 Å². The largest absolute Gasteiger partial charge is 0.394 e. The van der Waals surface area contributed by atoms with Crippen LogP contribution in [0, 0.1) is 5.92 Å². The maximum Gasteiger partial charge on any atom is 0.207 e. The minimum atomic E-state index is -1.58. The molecule has 268 valence electrons. The van der Waals surface area contributed by atoms with E-state index in [0.717, 1.165) is 6.42 Å². The number of hydrogen-bond donors (Lipinski definition) is 12. The third-order valence-corrected chi connectivity index (χ3v) is 9.35. The summed E-state index contributed by atoms with van der Waals surface area (Å²) in [5, 5.41) is 66.4. The van der Waals surface area contributed by atoms with Gasteiger partial charge in [-0.25, -0.2) is 0 Å². The fraction of sp³-hybridized carbons (Fsp3) is 0.963. The first-order chi connectivity index (χ1) is 21.9. The third-order valence-electron chi connectivity index (χ3n) is 9.35. The van der Waals surface area contributed by atoms with Crippen molar-refractivity contribution >= 4 is 6.41 Å². The lowest BCUT2D eigenvalue weighted by molar-refractivity contribution is -0.305. The SMILES string of the molecule is CCC[C@@H]1C(CO)O[C@H](O[C@@H]2C(N)C[C@@H](N)C(O)[C@H]2O[C@@H]2O[C@H](CNC=O)[C@H](O[C@H]3OC(CN)[C@@H](O)C(O)C3N)C2O)[C@@H](N)C1O. The molecule has 3 heterocycles. The van der Waals surface area contributed by atoms with Crippen LogP contribution in [0.2, 0.25) is 0 Å². The van der Waals surface area contributed by atoms with Crippen LogP contribution < -0.4 is 34.0 Å². The van der Waals surface area contributed by atoms with Crippen LogP contribution in [0.25, 0.3) is 0 Å². The van der Waals surface area contributed by atoms with Gasteiger partial charge in [-0.15, -0.1) is 0 Å². The molecule has 8 unspecified atom stereocenters. The van der Waals surface area contributed by atoms with Crippen molar-refractivity contribution in [3.8, 4) is 0 Å². The predicted octanol–water partition coefficient (Wildman–Crippen LogP) is -7.05. The average molecular weight is 669 g/mol. The van der Waals surface area contributed by atoms with Gasteiger partial charge in [0.05, 0.1) is 37.0 Å². The van der Waals surface area contributed by atoms with Crippen LogP contribution in [0.1, 0.15) is 26.2 Å². The summed E-state index contributed by atoms with van der Waals surface area (Å²) in [6.45, 7) is 1.21. The zero-order valence-electron chi connectivity index (χ0n) is 25.7. The fourth-order valence-electron chi connectivity index (χ4n) is 6.68. The van der Waals surface area contributed by atoms with Crippen molar-refractivity contribution in [2.75, 3.05) is 19.7 Å². The van der Waals surface area contributed by atoms with Gasteiger partial charge in [-0.05, 0) is 12.8 Å². The van der Waals surface area contributed by atoms with E-state index in [2.05, 4.69) is 5.32 Å². The van der Waals surface area contributed by atoms with Crippen molar-refractivity contribution in [3.63, 3.8) is 0 Å². The van der Waals surface area contributed by atoms with Crippen LogP contribution in [0.4, 0.5) is 0 Å². The number of amides is 1. The van der Waals surface area contributed by atoms with Crippen molar-refractivity contribution in [2.45, 2.75) is 136 Å². The molecule has 0 radical (unpaired) electrons. The molecule has 17 N–H and O–H groups in total. The first-order valence-electron chi connectivity index (χ1n) is 15.7. The summed E-state index contributed by atoms with van der Waals surface area (Å²) in [5.74, 6) is -0.433. The van der Waals surface area contributed by atoms with E-state index >= 15 is 0 Å². The molecule has 4 fully saturated rings. The molecule has 3 aliphatic heterocycles. The average Bonchev–Trinajstić information content (AvgIpc) is 3.32. The molecule has 0 bridgehead atoms. The monoisotopic (exact) mass is 668 g/mol. The maximum atomic E-state index is 11.3. The van der Waals surface area contributed by atoms with Gasteiger partial charge in [0.1, 0.15) is 48.8 Å². The van der Waals surface area contributed by atoms with Gasteiger partial charge < -0.3 is 93.0 Å². The summed E-state index contributed by atoms with van der Waals surface area (Å²) in [6, 6.07) is -3.97. The van der Waals surface area contributed by atoms with E-state index in [1.54, 1.807) is 0 Å². The molecule has 1 saturated carbocycles. The second-order valence-electron chi connectivity index (χ2n) is 12.5. The number of nitrogens with two attached hydrogens (primary N) is 5. The Bertz CT molecular complexity index is 960. The first-order valence-corrected chi connectivity index (χ1v) is 15.7. The second kappa shape index (κ2) is 16.5. The van der Waals surface area contributed by atoms with Crippen LogP contribution in [0.15, 0.2) is 0 Å². The highest BCUT2D eigenvalue weighted by molar-refractivity contribution is 5.45. The summed E-state index contributed by atoms with van der Waals surface area (Å²) in [5.41, 5.74) is 30.6.